The predicted octanol–water partition coefficient (Wildman–Crippen LogP) is 4.26. The van der Waals surface area contributed by atoms with Crippen LogP contribution in [0.25, 0.3) is 6.08 Å². The van der Waals surface area contributed by atoms with E-state index in [1.54, 1.807) is 0 Å². The van der Waals surface area contributed by atoms with Crippen molar-refractivity contribution < 1.29 is 4.79 Å². The molecule has 3 rings (SSSR count). The van der Waals surface area contributed by atoms with Crippen molar-refractivity contribution in [3.63, 3.8) is 0 Å². The fourth-order valence-electron chi connectivity index (χ4n) is 2.41. The van der Waals surface area contributed by atoms with Gasteiger partial charge < -0.3 is 10.2 Å². The van der Waals surface area contributed by atoms with Gasteiger partial charge in [0.05, 0.1) is 10.6 Å². The molecule has 4 nitrogen and oxygen atoms in total. The summed E-state index contributed by atoms with van der Waals surface area (Å²) in [4.78, 5) is 19.4. The molecular formula is C20H21N3OS. The third-order valence-electron chi connectivity index (χ3n) is 4.08. The summed E-state index contributed by atoms with van der Waals surface area (Å²) >= 11 is 1.37. The minimum atomic E-state index is -0.107. The second kappa shape index (κ2) is 7.15. The van der Waals surface area contributed by atoms with Crippen molar-refractivity contribution in [2.45, 2.75) is 13.8 Å². The molecule has 1 fully saturated rings. The molecule has 0 spiro atoms. The molecule has 0 unspecified atom stereocenters. The minimum absolute atomic E-state index is 0.107. The largest absolute Gasteiger partial charge is 0.378 e. The molecule has 1 saturated heterocycles. The zero-order valence-electron chi connectivity index (χ0n) is 14.8. The Morgan fingerprint density at radius 2 is 1.76 bits per heavy atom. The number of carbonyl (C=O) groups is 1. The highest BCUT2D eigenvalue weighted by molar-refractivity contribution is 8.18. The van der Waals surface area contributed by atoms with E-state index in [1.807, 2.05) is 67.5 Å². The molecule has 2 aromatic carbocycles. The lowest BCUT2D eigenvalue weighted by molar-refractivity contribution is -0.115. The van der Waals surface area contributed by atoms with Crippen molar-refractivity contribution in [2.75, 3.05) is 19.0 Å². The lowest BCUT2D eigenvalue weighted by Gasteiger charge is -2.11. The monoisotopic (exact) mass is 351 g/mol. The maximum Gasteiger partial charge on any atom is 0.264 e. The van der Waals surface area contributed by atoms with E-state index in [0.717, 1.165) is 16.9 Å². The molecule has 0 aliphatic carbocycles. The highest BCUT2D eigenvalue weighted by atomic mass is 32.2. The zero-order valence-corrected chi connectivity index (χ0v) is 15.6. The first kappa shape index (κ1) is 17.3. The molecule has 1 aliphatic rings. The number of aliphatic imine (C=N–C) groups is 1. The molecule has 5 heteroatoms. The number of benzene rings is 2. The third kappa shape index (κ3) is 4.12. The molecule has 0 saturated carbocycles. The van der Waals surface area contributed by atoms with E-state index < -0.39 is 0 Å². The van der Waals surface area contributed by atoms with E-state index in [1.165, 1.54) is 22.9 Å². The lowest BCUT2D eigenvalue weighted by atomic mass is 10.1. The van der Waals surface area contributed by atoms with Crippen LogP contribution in [0.3, 0.4) is 0 Å². The minimum Gasteiger partial charge on any atom is -0.378 e. The van der Waals surface area contributed by atoms with Crippen molar-refractivity contribution in [1.29, 1.82) is 0 Å². The van der Waals surface area contributed by atoms with Gasteiger partial charge >= 0.3 is 0 Å². The molecule has 1 aliphatic heterocycles. The Morgan fingerprint density at radius 3 is 2.40 bits per heavy atom. The third-order valence-corrected chi connectivity index (χ3v) is 4.99. The molecule has 1 N–H and O–H groups in total. The summed E-state index contributed by atoms with van der Waals surface area (Å²) in [6.45, 7) is 4.13. The summed E-state index contributed by atoms with van der Waals surface area (Å²) in [6.07, 6.45) is 1.89. The van der Waals surface area contributed by atoms with Crippen LogP contribution >= 0.6 is 11.8 Å². The lowest BCUT2D eigenvalue weighted by Crippen LogP contribution is -2.19. The first-order valence-electron chi connectivity index (χ1n) is 8.06. The van der Waals surface area contributed by atoms with Gasteiger partial charge in [0, 0.05) is 19.8 Å². The molecule has 128 valence electrons. The number of nitrogens with zero attached hydrogens (tertiary/aromatic N) is 2. The van der Waals surface area contributed by atoms with Crippen LogP contribution in [0.1, 0.15) is 16.7 Å². The van der Waals surface area contributed by atoms with E-state index in [4.69, 9.17) is 0 Å². The fourth-order valence-corrected chi connectivity index (χ4v) is 3.25. The Hall–Kier alpha value is -2.53. The number of anilines is 1. The maximum absolute atomic E-state index is 12.2. The summed E-state index contributed by atoms with van der Waals surface area (Å²) < 4.78 is 0. The van der Waals surface area contributed by atoms with Crippen molar-refractivity contribution in [1.82, 2.24) is 5.32 Å². The Bertz CT molecular complexity index is 867. The normalized spacial score (nSPS) is 17.2. The van der Waals surface area contributed by atoms with E-state index in [0.29, 0.717) is 10.1 Å². The zero-order chi connectivity index (χ0) is 18.0. The smallest absolute Gasteiger partial charge is 0.264 e. The van der Waals surface area contributed by atoms with Gasteiger partial charge in [-0.05, 0) is 72.6 Å². The van der Waals surface area contributed by atoms with E-state index in [2.05, 4.69) is 24.2 Å². The maximum atomic E-state index is 12.2. The van der Waals surface area contributed by atoms with Crippen molar-refractivity contribution in [3.05, 3.63) is 64.1 Å². The average Bonchev–Trinajstić information content (AvgIpc) is 2.91. The summed E-state index contributed by atoms with van der Waals surface area (Å²) in [5, 5.41) is 3.45. The molecule has 0 atom stereocenters. The number of nitrogens with one attached hydrogen (secondary N) is 1. The van der Waals surface area contributed by atoms with E-state index >= 15 is 0 Å². The Balaban J connectivity index is 1.79. The fraction of sp³-hybridized carbons (Fsp3) is 0.200. The molecule has 1 heterocycles. The molecule has 0 radical (unpaired) electrons. The molecule has 0 aromatic heterocycles. The van der Waals surface area contributed by atoms with E-state index in [9.17, 15) is 4.79 Å². The predicted molar refractivity (Wildman–Crippen MR) is 107 cm³/mol. The highest BCUT2D eigenvalue weighted by Crippen LogP contribution is 2.29. The van der Waals surface area contributed by atoms with Gasteiger partial charge in [-0.25, -0.2) is 4.99 Å². The van der Waals surface area contributed by atoms with Gasteiger partial charge in [-0.15, -0.1) is 0 Å². The van der Waals surface area contributed by atoms with Crippen LogP contribution in [-0.4, -0.2) is 25.2 Å². The van der Waals surface area contributed by atoms with Crippen LogP contribution in [0.5, 0.6) is 0 Å². The molecule has 2 aromatic rings. The van der Waals surface area contributed by atoms with Gasteiger partial charge in [0.1, 0.15) is 0 Å². The molecule has 25 heavy (non-hydrogen) atoms. The topological polar surface area (TPSA) is 44.7 Å². The standard InChI is InChI=1S/C20H21N3OS/c1-13-5-8-16(11-14(13)2)21-20-22-19(24)18(25-20)12-15-6-9-17(10-7-15)23(3)4/h5-12H,1-4H3,(H,21,22,24)/b18-12-. The molecule has 0 bridgehead atoms. The average molecular weight is 351 g/mol. The number of amidine groups is 1. The van der Waals surface area contributed by atoms with Crippen LogP contribution in [0.4, 0.5) is 11.4 Å². The second-order valence-corrected chi connectivity index (χ2v) is 7.27. The second-order valence-electron chi connectivity index (χ2n) is 6.24. The van der Waals surface area contributed by atoms with Crippen LogP contribution in [-0.2, 0) is 4.79 Å². The molecule has 1 amide bonds. The first-order valence-corrected chi connectivity index (χ1v) is 8.88. The number of aryl methyl sites for hydroxylation is 2. The van der Waals surface area contributed by atoms with Crippen molar-refractivity contribution >= 4 is 40.3 Å². The number of hydrogen-bond acceptors (Lipinski definition) is 4. The van der Waals surface area contributed by atoms with Gasteiger partial charge in [-0.1, -0.05) is 18.2 Å². The SMILES string of the molecule is Cc1ccc(N=C2NC(=O)/C(=C/c3ccc(N(C)C)cc3)S2)cc1C. The quantitative estimate of drug-likeness (QED) is 0.840. The Kier molecular flexibility index (Phi) is 4.95. The summed E-state index contributed by atoms with van der Waals surface area (Å²) in [5.74, 6) is -0.107. The Labute approximate surface area is 152 Å². The summed E-state index contributed by atoms with van der Waals surface area (Å²) in [7, 11) is 4.01. The first-order chi connectivity index (χ1) is 11.9. The number of rotatable bonds is 3. The molecular weight excluding hydrogens is 330 g/mol. The van der Waals surface area contributed by atoms with Crippen LogP contribution in [0.15, 0.2) is 52.4 Å². The van der Waals surface area contributed by atoms with Crippen LogP contribution < -0.4 is 10.2 Å². The summed E-state index contributed by atoms with van der Waals surface area (Å²) in [6, 6.07) is 14.1. The van der Waals surface area contributed by atoms with Gasteiger partial charge in [-0.2, -0.15) is 0 Å². The van der Waals surface area contributed by atoms with Crippen molar-refractivity contribution in [3.8, 4) is 0 Å². The number of hydrogen-bond donors (Lipinski definition) is 1. The number of carbonyl (C=O) groups excluding carboxylic acids is 1. The van der Waals surface area contributed by atoms with Gasteiger partial charge in [0.25, 0.3) is 5.91 Å². The van der Waals surface area contributed by atoms with E-state index in [-0.39, 0.29) is 5.91 Å². The van der Waals surface area contributed by atoms with Crippen LogP contribution in [0, 0.1) is 13.8 Å². The Morgan fingerprint density at radius 1 is 1.04 bits per heavy atom. The van der Waals surface area contributed by atoms with Gasteiger partial charge in [-0.3, -0.25) is 4.79 Å². The number of amides is 1. The van der Waals surface area contributed by atoms with Crippen molar-refractivity contribution in [2.24, 2.45) is 4.99 Å². The summed E-state index contributed by atoms with van der Waals surface area (Å²) in [5.41, 5.74) is 5.39. The highest BCUT2D eigenvalue weighted by Gasteiger charge is 2.23. The number of thioether (sulfide) groups is 1. The van der Waals surface area contributed by atoms with Gasteiger partial charge in [0.15, 0.2) is 5.17 Å². The van der Waals surface area contributed by atoms with Crippen LogP contribution in [0.2, 0.25) is 0 Å². The van der Waals surface area contributed by atoms with Gasteiger partial charge in [0.2, 0.25) is 0 Å².